The second kappa shape index (κ2) is 9.90. The summed E-state index contributed by atoms with van der Waals surface area (Å²) in [5.41, 5.74) is 4.63. The van der Waals surface area contributed by atoms with Gasteiger partial charge in [-0.05, 0) is 47.4 Å². The topological polar surface area (TPSA) is 39.3 Å². The Labute approximate surface area is 204 Å². The van der Waals surface area contributed by atoms with Crippen molar-refractivity contribution in [1.82, 2.24) is 9.88 Å². The second-order valence-corrected chi connectivity index (χ2v) is 9.07. The predicted octanol–water partition coefficient (Wildman–Crippen LogP) is 5.88. The Morgan fingerprint density at radius 3 is 2.49 bits per heavy atom. The van der Waals surface area contributed by atoms with E-state index in [1.54, 1.807) is 18.2 Å². The average molecular weight is 474 g/mol. The van der Waals surface area contributed by atoms with Gasteiger partial charge >= 0.3 is 0 Å². The number of halogens is 2. The number of rotatable bonds is 6. The van der Waals surface area contributed by atoms with Gasteiger partial charge in [0.2, 0.25) is 5.91 Å². The number of aromatic amines is 1. The lowest BCUT2D eigenvalue weighted by Gasteiger charge is -2.36. The average Bonchev–Trinajstić information content (AvgIpc) is 3.31. The van der Waals surface area contributed by atoms with Crippen LogP contribution in [0.4, 0.5) is 14.5 Å². The fourth-order valence-corrected chi connectivity index (χ4v) is 5.16. The molecule has 1 aromatic heterocycles. The van der Waals surface area contributed by atoms with Gasteiger partial charge in [-0.2, -0.15) is 0 Å². The summed E-state index contributed by atoms with van der Waals surface area (Å²) >= 11 is 0. The number of nitrogens with zero attached hydrogens (tertiary/aromatic N) is 2. The van der Waals surface area contributed by atoms with Gasteiger partial charge in [-0.15, -0.1) is 0 Å². The van der Waals surface area contributed by atoms with Crippen molar-refractivity contribution in [2.24, 2.45) is 0 Å². The minimum atomic E-state index is -0.312. The van der Waals surface area contributed by atoms with Crippen molar-refractivity contribution in [2.75, 3.05) is 31.1 Å². The summed E-state index contributed by atoms with van der Waals surface area (Å²) in [6.07, 6.45) is 3.10. The molecule has 6 heteroatoms. The Hall–Kier alpha value is -3.67. The highest BCUT2D eigenvalue weighted by Gasteiger charge is 2.27. The molecule has 3 aromatic carbocycles. The lowest BCUT2D eigenvalue weighted by Crippen LogP contribution is -2.49. The largest absolute Gasteiger partial charge is 0.366 e. The van der Waals surface area contributed by atoms with Crippen molar-refractivity contribution in [3.8, 4) is 0 Å². The van der Waals surface area contributed by atoms with Gasteiger partial charge in [0.1, 0.15) is 11.6 Å². The summed E-state index contributed by atoms with van der Waals surface area (Å²) in [5.74, 6) is -0.811. The first-order valence-electron chi connectivity index (χ1n) is 12.2. The third kappa shape index (κ3) is 4.65. The van der Waals surface area contributed by atoms with Gasteiger partial charge in [0, 0.05) is 55.6 Å². The van der Waals surface area contributed by atoms with Crippen LogP contribution in [-0.4, -0.2) is 42.0 Å². The second-order valence-electron chi connectivity index (χ2n) is 9.07. The minimum absolute atomic E-state index is 0.0217. The van der Waals surface area contributed by atoms with Gasteiger partial charge in [-0.25, -0.2) is 8.78 Å². The number of piperazine rings is 1. The number of aromatic nitrogens is 1. The fraction of sp³-hybridized carbons (Fsp3) is 0.276. The highest BCUT2D eigenvalue weighted by atomic mass is 19.1. The Morgan fingerprint density at radius 1 is 0.971 bits per heavy atom. The maximum atomic E-state index is 14.2. The molecule has 4 nitrogen and oxygen atoms in total. The van der Waals surface area contributed by atoms with E-state index in [2.05, 4.69) is 24.0 Å². The molecule has 2 heterocycles. The van der Waals surface area contributed by atoms with Crippen LogP contribution in [0, 0.1) is 11.6 Å². The highest BCUT2D eigenvalue weighted by Crippen LogP contribution is 2.35. The van der Waals surface area contributed by atoms with Crippen LogP contribution in [0.1, 0.15) is 36.0 Å². The quantitative estimate of drug-likeness (QED) is 0.380. The summed E-state index contributed by atoms with van der Waals surface area (Å²) < 4.78 is 28.4. The SMILES string of the molecule is CCc1cccc2c([C@H](CC(=O)N3CCN(c4ccccc4F)CC3)c3cccc(F)c3)c[nH]c12. The van der Waals surface area contributed by atoms with E-state index in [9.17, 15) is 13.6 Å². The molecule has 0 spiro atoms. The molecule has 1 aliphatic rings. The number of benzene rings is 3. The highest BCUT2D eigenvalue weighted by molar-refractivity contribution is 5.88. The van der Waals surface area contributed by atoms with E-state index >= 15 is 0 Å². The Balaban J connectivity index is 1.39. The summed E-state index contributed by atoms with van der Waals surface area (Å²) in [7, 11) is 0. The molecule has 1 saturated heterocycles. The third-order valence-electron chi connectivity index (χ3n) is 7.05. The lowest BCUT2D eigenvalue weighted by atomic mass is 9.87. The molecule has 0 bridgehead atoms. The van der Waals surface area contributed by atoms with E-state index in [1.165, 1.54) is 23.8 Å². The minimum Gasteiger partial charge on any atom is -0.366 e. The molecule has 180 valence electrons. The van der Waals surface area contributed by atoms with E-state index in [1.807, 2.05) is 34.2 Å². The first kappa shape index (κ1) is 23.1. The van der Waals surface area contributed by atoms with Gasteiger partial charge in [0.25, 0.3) is 0 Å². The molecule has 5 rings (SSSR count). The standard InChI is InChI=1S/C29H29F2N3O/c1-2-20-7-6-10-23-25(19-32-29(20)23)24(21-8-5-9-22(30)17-21)18-28(35)34-15-13-33(14-16-34)27-12-4-3-11-26(27)31/h3-12,17,19,24,32H,2,13-16,18H2,1H3/t24-/m1/s1. The van der Waals surface area contributed by atoms with E-state index in [-0.39, 0.29) is 29.9 Å². The Bertz CT molecular complexity index is 1340. The Morgan fingerprint density at radius 2 is 1.74 bits per heavy atom. The van der Waals surface area contributed by atoms with Crippen LogP contribution in [0.25, 0.3) is 10.9 Å². The number of anilines is 1. The maximum absolute atomic E-state index is 14.2. The van der Waals surface area contributed by atoms with Crippen LogP contribution in [-0.2, 0) is 11.2 Å². The van der Waals surface area contributed by atoms with Crippen LogP contribution < -0.4 is 4.90 Å². The van der Waals surface area contributed by atoms with E-state index < -0.39 is 0 Å². The zero-order valence-electron chi connectivity index (χ0n) is 19.8. The summed E-state index contributed by atoms with van der Waals surface area (Å²) in [6.45, 7) is 4.31. The molecule has 1 amide bonds. The monoisotopic (exact) mass is 473 g/mol. The lowest BCUT2D eigenvalue weighted by molar-refractivity contribution is -0.131. The van der Waals surface area contributed by atoms with Gasteiger partial charge < -0.3 is 14.8 Å². The number of hydrogen-bond acceptors (Lipinski definition) is 2. The molecule has 35 heavy (non-hydrogen) atoms. The van der Waals surface area contributed by atoms with Crippen molar-refractivity contribution in [3.05, 3.63) is 101 Å². The number of fused-ring (bicyclic) bond motifs is 1. The van der Waals surface area contributed by atoms with Gasteiger partial charge in [0.05, 0.1) is 5.69 Å². The number of carbonyl (C=O) groups excluding carboxylic acids is 1. The Kier molecular flexibility index (Phi) is 6.53. The van der Waals surface area contributed by atoms with Crippen molar-refractivity contribution in [3.63, 3.8) is 0 Å². The number of hydrogen-bond donors (Lipinski definition) is 1. The van der Waals surface area contributed by atoms with Gasteiger partial charge in [-0.3, -0.25) is 4.79 Å². The summed E-state index contributed by atoms with van der Waals surface area (Å²) in [6, 6.07) is 19.5. The van der Waals surface area contributed by atoms with Crippen molar-refractivity contribution in [1.29, 1.82) is 0 Å². The summed E-state index contributed by atoms with van der Waals surface area (Å²) in [5, 5.41) is 1.07. The molecule has 0 aliphatic carbocycles. The zero-order chi connectivity index (χ0) is 24.4. The van der Waals surface area contributed by atoms with Crippen molar-refractivity contribution in [2.45, 2.75) is 25.7 Å². The number of carbonyl (C=O) groups is 1. The van der Waals surface area contributed by atoms with E-state index in [0.717, 1.165) is 28.5 Å². The van der Waals surface area contributed by atoms with Crippen molar-refractivity contribution >= 4 is 22.5 Å². The molecule has 0 unspecified atom stereocenters. The smallest absolute Gasteiger partial charge is 0.223 e. The molecule has 1 N–H and O–H groups in total. The molecule has 1 atom stereocenters. The van der Waals surface area contributed by atoms with Crippen molar-refractivity contribution < 1.29 is 13.6 Å². The molecule has 1 aliphatic heterocycles. The van der Waals surface area contributed by atoms with Gasteiger partial charge in [-0.1, -0.05) is 49.4 Å². The first-order chi connectivity index (χ1) is 17.0. The number of nitrogens with one attached hydrogen (secondary N) is 1. The zero-order valence-corrected chi connectivity index (χ0v) is 19.8. The van der Waals surface area contributed by atoms with E-state index in [4.69, 9.17) is 0 Å². The van der Waals surface area contributed by atoms with Crippen LogP contribution in [0.2, 0.25) is 0 Å². The molecular formula is C29H29F2N3O. The first-order valence-corrected chi connectivity index (χ1v) is 12.2. The normalized spacial score (nSPS) is 14.9. The number of amides is 1. The van der Waals surface area contributed by atoms with Crippen LogP contribution in [0.15, 0.2) is 72.9 Å². The maximum Gasteiger partial charge on any atom is 0.223 e. The number of H-pyrrole nitrogens is 1. The van der Waals surface area contributed by atoms with E-state index in [0.29, 0.717) is 31.9 Å². The predicted molar refractivity (Wildman–Crippen MR) is 136 cm³/mol. The number of para-hydroxylation sites is 2. The molecular weight excluding hydrogens is 444 g/mol. The van der Waals surface area contributed by atoms with Crippen LogP contribution >= 0.6 is 0 Å². The fourth-order valence-electron chi connectivity index (χ4n) is 5.16. The van der Waals surface area contributed by atoms with Crippen LogP contribution in [0.3, 0.4) is 0 Å². The number of aryl methyl sites for hydroxylation is 1. The summed E-state index contributed by atoms with van der Waals surface area (Å²) in [4.78, 5) is 20.7. The molecule has 0 radical (unpaired) electrons. The third-order valence-corrected chi connectivity index (χ3v) is 7.05. The van der Waals surface area contributed by atoms with Gasteiger partial charge in [0.15, 0.2) is 0 Å². The molecule has 4 aromatic rings. The molecule has 0 saturated carbocycles. The molecule has 1 fully saturated rings. The van der Waals surface area contributed by atoms with Crippen LogP contribution in [0.5, 0.6) is 0 Å².